The molecule has 0 saturated heterocycles. The van der Waals surface area contributed by atoms with Gasteiger partial charge in [0.15, 0.2) is 5.13 Å². The van der Waals surface area contributed by atoms with Crippen molar-refractivity contribution in [2.75, 3.05) is 5.32 Å². The third-order valence-corrected chi connectivity index (χ3v) is 5.61. The van der Waals surface area contributed by atoms with E-state index in [4.69, 9.17) is 0 Å². The van der Waals surface area contributed by atoms with Crippen LogP contribution in [0.3, 0.4) is 0 Å². The zero-order valence-corrected chi connectivity index (χ0v) is 15.6. The van der Waals surface area contributed by atoms with Gasteiger partial charge in [-0.2, -0.15) is 14.0 Å². The average Bonchev–Trinajstić information content (AvgIpc) is 3.02. The molecule has 27 heavy (non-hydrogen) atoms. The van der Waals surface area contributed by atoms with E-state index in [1.807, 2.05) is 6.92 Å². The third-order valence-electron chi connectivity index (χ3n) is 4.73. The Labute approximate surface area is 160 Å². The number of nitrogens with zero attached hydrogens (tertiary/aromatic N) is 2. The first kappa shape index (κ1) is 19.2. The van der Waals surface area contributed by atoms with Crippen LogP contribution in [0, 0.1) is 23.7 Å². The normalized spacial score (nSPS) is 16.0. The van der Waals surface area contributed by atoms with Crippen molar-refractivity contribution in [3.05, 3.63) is 29.1 Å². The number of hydrogen-bond acceptors (Lipinski definition) is 5. The van der Waals surface area contributed by atoms with Crippen molar-refractivity contribution >= 4 is 22.4 Å². The Kier molecular flexibility index (Phi) is 5.71. The number of thiazole rings is 1. The minimum absolute atomic E-state index is 0.0726. The van der Waals surface area contributed by atoms with Crippen molar-refractivity contribution in [2.45, 2.75) is 45.6 Å². The lowest BCUT2D eigenvalue weighted by Gasteiger charge is -2.28. The van der Waals surface area contributed by atoms with E-state index in [1.165, 1.54) is 23.5 Å². The van der Waals surface area contributed by atoms with E-state index in [0.29, 0.717) is 23.7 Å². The van der Waals surface area contributed by atoms with Gasteiger partial charge in [-0.1, -0.05) is 19.3 Å². The molecule has 1 fully saturated rings. The van der Waals surface area contributed by atoms with Crippen LogP contribution in [0.4, 0.5) is 13.9 Å². The standard InChI is InChI=1S/C19H19F2N3O2S/c1-12-15(13-5-7-14(8-6-13)26-17(20)21)23-18(27-12)24-16(25)19(11-22)9-3-2-4-10-19/h5-8,17H,2-4,9-10H2,1H3,(H,23,24,25). The summed E-state index contributed by atoms with van der Waals surface area (Å²) in [6.07, 6.45) is 3.92. The van der Waals surface area contributed by atoms with Crippen LogP contribution < -0.4 is 10.1 Å². The first-order valence-corrected chi connectivity index (χ1v) is 9.50. The summed E-state index contributed by atoms with van der Waals surface area (Å²) in [5.74, 6) is -0.228. The number of rotatable bonds is 5. The quantitative estimate of drug-likeness (QED) is 0.766. The fraction of sp³-hybridized carbons (Fsp3) is 0.421. The molecule has 2 aromatic rings. The van der Waals surface area contributed by atoms with E-state index in [-0.39, 0.29) is 11.7 Å². The van der Waals surface area contributed by atoms with E-state index in [9.17, 15) is 18.8 Å². The summed E-state index contributed by atoms with van der Waals surface area (Å²) in [5.41, 5.74) is 0.416. The van der Waals surface area contributed by atoms with E-state index in [0.717, 1.165) is 29.7 Å². The molecule has 3 rings (SSSR count). The van der Waals surface area contributed by atoms with Gasteiger partial charge < -0.3 is 10.1 Å². The Morgan fingerprint density at radius 3 is 2.56 bits per heavy atom. The third kappa shape index (κ3) is 4.25. The zero-order chi connectivity index (χ0) is 19.4. The molecule has 5 nitrogen and oxygen atoms in total. The van der Waals surface area contributed by atoms with Crippen molar-refractivity contribution in [1.82, 2.24) is 4.98 Å². The smallest absolute Gasteiger partial charge is 0.387 e. The van der Waals surface area contributed by atoms with Gasteiger partial charge in [0.1, 0.15) is 11.2 Å². The number of alkyl halides is 2. The molecule has 0 atom stereocenters. The Hall–Kier alpha value is -2.53. The lowest BCUT2D eigenvalue weighted by atomic mass is 9.74. The van der Waals surface area contributed by atoms with Gasteiger partial charge in [-0.15, -0.1) is 11.3 Å². The maximum atomic E-state index is 12.7. The molecular formula is C19H19F2N3O2S. The predicted octanol–water partition coefficient (Wildman–Crippen LogP) is 5.13. The van der Waals surface area contributed by atoms with Crippen LogP contribution >= 0.6 is 11.3 Å². The van der Waals surface area contributed by atoms with Crippen LogP contribution in [0.15, 0.2) is 24.3 Å². The SMILES string of the molecule is Cc1sc(NC(=O)C2(C#N)CCCCC2)nc1-c1ccc(OC(F)F)cc1. The van der Waals surface area contributed by atoms with E-state index < -0.39 is 12.0 Å². The molecule has 1 aromatic heterocycles. The van der Waals surface area contributed by atoms with Crippen LogP contribution in [0.2, 0.25) is 0 Å². The molecule has 142 valence electrons. The van der Waals surface area contributed by atoms with E-state index in [2.05, 4.69) is 21.1 Å². The molecule has 1 amide bonds. The second-order valence-electron chi connectivity index (χ2n) is 6.54. The lowest BCUT2D eigenvalue weighted by molar-refractivity contribution is -0.124. The van der Waals surface area contributed by atoms with E-state index in [1.54, 1.807) is 12.1 Å². The van der Waals surface area contributed by atoms with Crippen molar-refractivity contribution in [3.8, 4) is 23.1 Å². The maximum Gasteiger partial charge on any atom is 0.387 e. The van der Waals surface area contributed by atoms with Gasteiger partial charge in [-0.3, -0.25) is 4.79 Å². The summed E-state index contributed by atoms with van der Waals surface area (Å²) in [7, 11) is 0. The van der Waals surface area contributed by atoms with Crippen LogP contribution in [0.5, 0.6) is 5.75 Å². The van der Waals surface area contributed by atoms with Gasteiger partial charge in [-0.05, 0) is 44.0 Å². The van der Waals surface area contributed by atoms with Gasteiger partial charge in [-0.25, -0.2) is 4.98 Å². The fourth-order valence-corrected chi connectivity index (χ4v) is 4.10. The van der Waals surface area contributed by atoms with Gasteiger partial charge in [0.25, 0.3) is 0 Å². The number of anilines is 1. The number of carbonyl (C=O) groups is 1. The number of carbonyl (C=O) groups excluding carboxylic acids is 1. The summed E-state index contributed by atoms with van der Waals surface area (Å²) in [6.45, 7) is -1.00. The summed E-state index contributed by atoms with van der Waals surface area (Å²) >= 11 is 1.32. The highest BCUT2D eigenvalue weighted by molar-refractivity contribution is 7.16. The fourth-order valence-electron chi connectivity index (χ4n) is 3.27. The topological polar surface area (TPSA) is 75.0 Å². The first-order valence-electron chi connectivity index (χ1n) is 8.69. The minimum Gasteiger partial charge on any atom is -0.435 e. The molecule has 1 aromatic carbocycles. The maximum absolute atomic E-state index is 12.7. The summed E-state index contributed by atoms with van der Waals surface area (Å²) < 4.78 is 28.8. The molecule has 1 N–H and O–H groups in total. The number of halogens is 2. The average molecular weight is 391 g/mol. The van der Waals surface area contributed by atoms with Gasteiger partial charge in [0.05, 0.1) is 11.8 Å². The minimum atomic E-state index is -2.87. The highest BCUT2D eigenvalue weighted by atomic mass is 32.1. The molecule has 1 heterocycles. The second-order valence-corrected chi connectivity index (χ2v) is 7.74. The Balaban J connectivity index is 1.76. The van der Waals surface area contributed by atoms with Crippen molar-refractivity contribution in [1.29, 1.82) is 5.26 Å². The molecule has 8 heteroatoms. The molecule has 0 spiro atoms. The highest BCUT2D eigenvalue weighted by Gasteiger charge is 2.40. The molecule has 1 aliphatic carbocycles. The van der Waals surface area contributed by atoms with Crippen LogP contribution in [0.25, 0.3) is 11.3 Å². The van der Waals surface area contributed by atoms with Gasteiger partial charge in [0.2, 0.25) is 5.91 Å². The molecule has 0 aliphatic heterocycles. The van der Waals surface area contributed by atoms with Crippen LogP contribution in [-0.2, 0) is 4.79 Å². The Morgan fingerprint density at radius 2 is 1.96 bits per heavy atom. The number of aryl methyl sites for hydroxylation is 1. The highest BCUT2D eigenvalue weighted by Crippen LogP contribution is 2.38. The molecule has 0 bridgehead atoms. The Bertz CT molecular complexity index is 853. The number of aromatic nitrogens is 1. The molecule has 0 radical (unpaired) electrons. The summed E-state index contributed by atoms with van der Waals surface area (Å²) in [4.78, 5) is 18.0. The number of benzene rings is 1. The summed E-state index contributed by atoms with van der Waals surface area (Å²) in [6, 6.07) is 8.39. The molecule has 1 saturated carbocycles. The molecule has 0 unspecified atom stereocenters. The molecular weight excluding hydrogens is 372 g/mol. The number of hydrogen-bond donors (Lipinski definition) is 1. The monoisotopic (exact) mass is 391 g/mol. The second kappa shape index (κ2) is 8.01. The summed E-state index contributed by atoms with van der Waals surface area (Å²) in [5, 5.41) is 12.7. The zero-order valence-electron chi connectivity index (χ0n) is 14.8. The lowest BCUT2D eigenvalue weighted by Crippen LogP contribution is -2.36. The van der Waals surface area contributed by atoms with Crippen molar-refractivity contribution in [2.24, 2.45) is 5.41 Å². The predicted molar refractivity (Wildman–Crippen MR) is 98.7 cm³/mol. The van der Waals surface area contributed by atoms with E-state index >= 15 is 0 Å². The number of amides is 1. The molecule has 1 aliphatic rings. The number of nitrogens with one attached hydrogen (secondary N) is 1. The first-order chi connectivity index (χ1) is 12.9. The van der Waals surface area contributed by atoms with Crippen molar-refractivity contribution < 1.29 is 18.3 Å². The largest absolute Gasteiger partial charge is 0.435 e. The van der Waals surface area contributed by atoms with Crippen LogP contribution in [0.1, 0.15) is 37.0 Å². The van der Waals surface area contributed by atoms with Crippen molar-refractivity contribution in [3.63, 3.8) is 0 Å². The van der Waals surface area contributed by atoms with Gasteiger partial charge in [0, 0.05) is 10.4 Å². The van der Waals surface area contributed by atoms with Gasteiger partial charge >= 0.3 is 6.61 Å². The number of nitriles is 1. The number of ether oxygens (including phenoxy) is 1. The Morgan fingerprint density at radius 1 is 1.30 bits per heavy atom. The van der Waals surface area contributed by atoms with Crippen LogP contribution in [-0.4, -0.2) is 17.5 Å².